The number of para-hydroxylation sites is 1. The van der Waals surface area contributed by atoms with E-state index in [9.17, 15) is 14.8 Å². The van der Waals surface area contributed by atoms with Gasteiger partial charge in [0.15, 0.2) is 5.43 Å². The summed E-state index contributed by atoms with van der Waals surface area (Å²) in [4.78, 5) is 34.7. The third-order valence-electron chi connectivity index (χ3n) is 6.65. The van der Waals surface area contributed by atoms with Gasteiger partial charge in [-0.25, -0.2) is 4.79 Å². The summed E-state index contributed by atoms with van der Waals surface area (Å²) in [6.07, 6.45) is 0. The highest BCUT2D eigenvalue weighted by Crippen LogP contribution is 2.48. The van der Waals surface area contributed by atoms with Crippen LogP contribution in [0.2, 0.25) is 0 Å². The Hall–Kier alpha value is -3.81. The van der Waals surface area contributed by atoms with Crippen molar-refractivity contribution in [3.8, 4) is 0 Å². The molecule has 5 rings (SSSR count). The Morgan fingerprint density at radius 3 is 2.68 bits per heavy atom. The summed E-state index contributed by atoms with van der Waals surface area (Å²) < 4.78 is 11.5. The van der Waals surface area contributed by atoms with Gasteiger partial charge >= 0.3 is 11.7 Å². The van der Waals surface area contributed by atoms with E-state index >= 15 is 0 Å². The molecular formula is C26H26N2O6. The van der Waals surface area contributed by atoms with Gasteiger partial charge in [-0.15, -0.1) is 0 Å². The lowest BCUT2D eigenvalue weighted by atomic mass is 9.71. The van der Waals surface area contributed by atoms with Crippen molar-refractivity contribution in [1.82, 2.24) is 0 Å². The third kappa shape index (κ3) is 3.32. The zero-order valence-electron chi connectivity index (χ0n) is 19.5. The van der Waals surface area contributed by atoms with Crippen LogP contribution in [0.4, 0.5) is 11.6 Å². The van der Waals surface area contributed by atoms with Crippen molar-refractivity contribution in [1.29, 1.82) is 0 Å². The molecule has 0 unspecified atom stereocenters. The number of ether oxygens (including phenoxy) is 1. The van der Waals surface area contributed by atoms with Crippen LogP contribution in [0, 0.1) is 18.0 Å². The van der Waals surface area contributed by atoms with E-state index in [1.807, 2.05) is 48.2 Å². The maximum absolute atomic E-state index is 14.0. The van der Waals surface area contributed by atoms with Gasteiger partial charge in [-0.05, 0) is 52.0 Å². The van der Waals surface area contributed by atoms with Gasteiger partial charge < -0.3 is 18.9 Å². The molecular weight excluding hydrogens is 436 g/mol. The number of carbonyl (C=O) groups is 1. The molecule has 2 aliphatic heterocycles. The van der Waals surface area contributed by atoms with Crippen LogP contribution in [0.25, 0.3) is 11.0 Å². The Morgan fingerprint density at radius 1 is 1.24 bits per heavy atom. The predicted molar refractivity (Wildman–Crippen MR) is 127 cm³/mol. The first-order chi connectivity index (χ1) is 16.2. The van der Waals surface area contributed by atoms with E-state index in [1.54, 1.807) is 32.9 Å². The average molecular weight is 463 g/mol. The van der Waals surface area contributed by atoms with Crippen molar-refractivity contribution < 1.29 is 23.7 Å². The zero-order valence-corrected chi connectivity index (χ0v) is 19.5. The highest BCUT2D eigenvalue weighted by Gasteiger charge is 2.56. The summed E-state index contributed by atoms with van der Waals surface area (Å²) in [5.74, 6) is -1.74. The number of aryl methyl sites for hydroxylation is 1. The number of esters is 1. The van der Waals surface area contributed by atoms with Crippen LogP contribution >= 0.6 is 0 Å². The number of hydrogen-bond donors (Lipinski definition) is 0. The Bertz CT molecular complexity index is 1380. The minimum atomic E-state index is -0.971. The molecule has 0 aliphatic carbocycles. The van der Waals surface area contributed by atoms with Gasteiger partial charge in [0.25, 0.3) is 0 Å². The second-order valence-corrected chi connectivity index (χ2v) is 9.24. The van der Waals surface area contributed by atoms with Crippen LogP contribution in [0.15, 0.2) is 57.7 Å². The Labute approximate surface area is 196 Å². The largest absolute Gasteiger partial charge is 0.458 e. The van der Waals surface area contributed by atoms with Crippen LogP contribution in [-0.2, 0) is 14.4 Å². The standard InChI is InChI=1S/C26H26N2O6/c1-5-32-25(30)22-20-18(26(3,4)34-28(22)31)14-27(16-9-7-6-8-10-16)24-21(20)23(29)17-13-15(2)11-12-19(17)33-24/h6-13,18,20H,5,14H2,1-4H3/t18-,20-/m0/s1. The minimum Gasteiger partial charge on any atom is -0.458 e. The summed E-state index contributed by atoms with van der Waals surface area (Å²) >= 11 is 0. The lowest BCUT2D eigenvalue weighted by Gasteiger charge is -2.48. The molecule has 34 heavy (non-hydrogen) atoms. The molecule has 3 heterocycles. The van der Waals surface area contributed by atoms with Crippen LogP contribution in [0.5, 0.6) is 0 Å². The zero-order chi connectivity index (χ0) is 24.2. The van der Waals surface area contributed by atoms with E-state index in [0.717, 1.165) is 11.3 Å². The normalized spacial score (nSPS) is 21.0. The fourth-order valence-corrected chi connectivity index (χ4v) is 5.00. The van der Waals surface area contributed by atoms with E-state index in [-0.39, 0.29) is 28.2 Å². The molecule has 1 aromatic heterocycles. The molecule has 3 aromatic rings. The lowest BCUT2D eigenvalue weighted by molar-refractivity contribution is -0.772. The molecule has 0 saturated heterocycles. The number of nitrogens with zero attached hydrogens (tertiary/aromatic N) is 2. The van der Waals surface area contributed by atoms with Gasteiger partial charge in [-0.2, -0.15) is 0 Å². The topological polar surface area (TPSA) is 95.1 Å². The first-order valence-electron chi connectivity index (χ1n) is 11.3. The van der Waals surface area contributed by atoms with E-state index in [1.165, 1.54) is 0 Å². The summed E-state index contributed by atoms with van der Waals surface area (Å²) in [6.45, 7) is 7.59. The monoisotopic (exact) mass is 462 g/mol. The van der Waals surface area contributed by atoms with Crippen molar-refractivity contribution in [3.05, 3.63) is 75.1 Å². The van der Waals surface area contributed by atoms with E-state index < -0.39 is 23.4 Å². The molecule has 0 amide bonds. The molecule has 2 aliphatic rings. The third-order valence-corrected chi connectivity index (χ3v) is 6.65. The van der Waals surface area contributed by atoms with Crippen LogP contribution < -0.4 is 10.3 Å². The van der Waals surface area contributed by atoms with Gasteiger partial charge in [0.1, 0.15) is 5.58 Å². The van der Waals surface area contributed by atoms with Crippen LogP contribution in [0.3, 0.4) is 0 Å². The lowest BCUT2D eigenvalue weighted by Crippen LogP contribution is -2.58. The molecule has 0 fully saturated rings. The number of hydrogen-bond acceptors (Lipinski definition) is 7. The highest BCUT2D eigenvalue weighted by atomic mass is 16.9. The first kappa shape index (κ1) is 22.0. The molecule has 0 radical (unpaired) electrons. The number of rotatable bonds is 3. The van der Waals surface area contributed by atoms with Gasteiger partial charge in [0.05, 0.1) is 34.0 Å². The summed E-state index contributed by atoms with van der Waals surface area (Å²) in [5, 5.41) is 13.4. The van der Waals surface area contributed by atoms with Crippen LogP contribution in [0.1, 0.15) is 37.8 Å². The average Bonchev–Trinajstić information content (AvgIpc) is 2.79. The fraction of sp³-hybridized carbons (Fsp3) is 0.346. The molecule has 2 atom stereocenters. The van der Waals surface area contributed by atoms with Crippen molar-refractivity contribution in [3.63, 3.8) is 0 Å². The molecule has 0 spiro atoms. The van der Waals surface area contributed by atoms with Gasteiger partial charge in [0, 0.05) is 18.2 Å². The maximum Gasteiger partial charge on any atom is 0.405 e. The van der Waals surface area contributed by atoms with Gasteiger partial charge in [-0.1, -0.05) is 29.8 Å². The van der Waals surface area contributed by atoms with Gasteiger partial charge in [-0.3, -0.25) is 10.0 Å². The Morgan fingerprint density at radius 2 is 1.97 bits per heavy atom. The molecule has 8 heteroatoms. The minimum absolute atomic E-state index is 0.0888. The van der Waals surface area contributed by atoms with Crippen molar-refractivity contribution in [2.24, 2.45) is 5.92 Å². The summed E-state index contributed by atoms with van der Waals surface area (Å²) in [6, 6.07) is 15.0. The predicted octanol–water partition coefficient (Wildman–Crippen LogP) is 4.19. The second-order valence-electron chi connectivity index (χ2n) is 9.24. The van der Waals surface area contributed by atoms with Crippen LogP contribution in [-0.4, -0.2) is 35.3 Å². The number of benzene rings is 2. The summed E-state index contributed by atoms with van der Waals surface area (Å²) in [7, 11) is 0. The molecule has 0 N–H and O–H groups in total. The number of anilines is 2. The van der Waals surface area contributed by atoms with E-state index in [4.69, 9.17) is 14.0 Å². The van der Waals surface area contributed by atoms with E-state index in [0.29, 0.717) is 23.4 Å². The highest BCUT2D eigenvalue weighted by molar-refractivity contribution is 6.36. The molecule has 176 valence electrons. The van der Waals surface area contributed by atoms with E-state index in [2.05, 4.69) is 0 Å². The Kier molecular flexibility index (Phi) is 5.11. The Balaban J connectivity index is 1.86. The van der Waals surface area contributed by atoms with Gasteiger partial charge in [0.2, 0.25) is 5.88 Å². The molecule has 2 aromatic carbocycles. The molecule has 0 bridgehead atoms. The molecule has 0 saturated carbocycles. The summed E-state index contributed by atoms with van der Waals surface area (Å²) in [5.41, 5.74) is 0.952. The van der Waals surface area contributed by atoms with Crippen molar-refractivity contribution in [2.45, 2.75) is 39.2 Å². The van der Waals surface area contributed by atoms with Crippen molar-refractivity contribution in [2.75, 3.05) is 18.1 Å². The maximum atomic E-state index is 14.0. The second kappa shape index (κ2) is 7.90. The van der Waals surface area contributed by atoms with Crippen molar-refractivity contribution >= 4 is 34.2 Å². The number of fused-ring (bicyclic) bond motifs is 4. The smallest absolute Gasteiger partial charge is 0.405 e. The quantitative estimate of drug-likeness (QED) is 0.425. The number of carbonyl (C=O) groups excluding carboxylic acids is 1. The fourth-order valence-electron chi connectivity index (χ4n) is 5.00. The first-order valence-corrected chi connectivity index (χ1v) is 11.3. The SMILES string of the molecule is CCOC(=O)C1=[N+]([O-])OC(C)(C)[C@H]2CN(c3ccccc3)c3oc4ccc(C)cc4c(=O)c3[C@@H]12. The molecule has 8 nitrogen and oxygen atoms in total.